The zero-order valence-corrected chi connectivity index (χ0v) is 13.8. The Labute approximate surface area is 141 Å². The maximum atomic E-state index is 12.2. The van der Waals surface area contributed by atoms with Gasteiger partial charge in [-0.2, -0.15) is 0 Å². The zero-order valence-electron chi connectivity index (χ0n) is 13.8. The number of hydrogen-bond donors (Lipinski definition) is 2. The van der Waals surface area contributed by atoms with E-state index in [1.165, 1.54) is 0 Å². The van der Waals surface area contributed by atoms with E-state index in [1.807, 2.05) is 12.1 Å². The van der Waals surface area contributed by atoms with Crippen molar-refractivity contribution in [3.63, 3.8) is 0 Å². The van der Waals surface area contributed by atoms with E-state index in [1.54, 1.807) is 30.6 Å². The number of nitrogens with one attached hydrogen (secondary N) is 2. The smallest absolute Gasteiger partial charge is 0.270 e. The predicted molar refractivity (Wildman–Crippen MR) is 91.5 cm³/mol. The Hall–Kier alpha value is -2.76. The Morgan fingerprint density at radius 2 is 1.75 bits per heavy atom. The minimum absolute atomic E-state index is 0.222. The van der Waals surface area contributed by atoms with Gasteiger partial charge in [-0.25, -0.2) is 4.98 Å². The summed E-state index contributed by atoms with van der Waals surface area (Å²) in [5, 5.41) is 5.58. The van der Waals surface area contributed by atoms with E-state index in [0.29, 0.717) is 13.1 Å². The molecule has 6 nitrogen and oxygen atoms in total. The summed E-state index contributed by atoms with van der Waals surface area (Å²) in [6.07, 6.45) is 6.47. The van der Waals surface area contributed by atoms with Gasteiger partial charge < -0.3 is 10.6 Å². The number of aromatic nitrogens is 2. The number of nitrogens with zero attached hydrogens (tertiary/aromatic N) is 2. The standard InChI is InChI=1S/C18H22N4O2/c1-2-3-4-11-20-17(23)15-8-5-9-16(22-15)18(24)21-13-14-7-6-10-19-12-14/h5-10,12H,2-4,11,13H2,1H3,(H,20,23)(H,21,24). The summed E-state index contributed by atoms with van der Waals surface area (Å²) in [5.41, 5.74) is 1.37. The van der Waals surface area contributed by atoms with Crippen molar-refractivity contribution in [2.45, 2.75) is 32.7 Å². The van der Waals surface area contributed by atoms with Gasteiger partial charge in [-0.15, -0.1) is 0 Å². The van der Waals surface area contributed by atoms with Gasteiger partial charge >= 0.3 is 0 Å². The Morgan fingerprint density at radius 1 is 1.00 bits per heavy atom. The molecule has 0 saturated heterocycles. The van der Waals surface area contributed by atoms with Crippen molar-refractivity contribution in [2.75, 3.05) is 6.54 Å². The Bertz CT molecular complexity index is 674. The average molecular weight is 326 g/mol. The van der Waals surface area contributed by atoms with E-state index < -0.39 is 0 Å². The Kier molecular flexibility index (Phi) is 6.89. The first-order valence-electron chi connectivity index (χ1n) is 8.13. The SMILES string of the molecule is CCCCCNC(=O)c1cccc(C(=O)NCc2cccnc2)n1. The molecule has 0 aliphatic rings. The molecule has 2 amide bonds. The third-order valence-corrected chi connectivity index (χ3v) is 3.46. The van der Waals surface area contributed by atoms with Crippen molar-refractivity contribution in [3.05, 3.63) is 59.7 Å². The second-order valence-electron chi connectivity index (χ2n) is 5.42. The molecule has 0 bridgehead atoms. The van der Waals surface area contributed by atoms with Crippen LogP contribution in [0.1, 0.15) is 52.7 Å². The van der Waals surface area contributed by atoms with Crippen molar-refractivity contribution in [1.82, 2.24) is 20.6 Å². The van der Waals surface area contributed by atoms with Crippen LogP contribution in [0.25, 0.3) is 0 Å². The van der Waals surface area contributed by atoms with Crippen molar-refractivity contribution < 1.29 is 9.59 Å². The molecule has 2 rings (SSSR count). The number of unbranched alkanes of at least 4 members (excludes halogenated alkanes) is 2. The molecule has 0 radical (unpaired) electrons. The van der Waals surface area contributed by atoms with Crippen LogP contribution in [-0.4, -0.2) is 28.3 Å². The van der Waals surface area contributed by atoms with Crippen molar-refractivity contribution in [1.29, 1.82) is 0 Å². The van der Waals surface area contributed by atoms with Gasteiger partial charge in [0.15, 0.2) is 0 Å². The summed E-state index contributed by atoms with van der Waals surface area (Å²) in [4.78, 5) is 32.4. The second-order valence-corrected chi connectivity index (χ2v) is 5.42. The van der Waals surface area contributed by atoms with Gasteiger partial charge in [-0.3, -0.25) is 14.6 Å². The maximum absolute atomic E-state index is 12.2. The molecule has 0 aliphatic carbocycles. The summed E-state index contributed by atoms with van der Waals surface area (Å²) in [7, 11) is 0. The first-order chi connectivity index (χ1) is 11.7. The lowest BCUT2D eigenvalue weighted by atomic mass is 10.2. The molecule has 0 unspecified atom stereocenters. The highest BCUT2D eigenvalue weighted by atomic mass is 16.2. The van der Waals surface area contributed by atoms with E-state index in [9.17, 15) is 9.59 Å². The summed E-state index contributed by atoms with van der Waals surface area (Å²) < 4.78 is 0. The van der Waals surface area contributed by atoms with Crippen LogP contribution in [0.5, 0.6) is 0 Å². The minimum Gasteiger partial charge on any atom is -0.351 e. The molecule has 0 aliphatic heterocycles. The molecule has 0 atom stereocenters. The topological polar surface area (TPSA) is 84.0 Å². The van der Waals surface area contributed by atoms with E-state index >= 15 is 0 Å². The average Bonchev–Trinajstić information content (AvgIpc) is 2.64. The predicted octanol–water partition coefficient (Wildman–Crippen LogP) is 2.33. The van der Waals surface area contributed by atoms with E-state index in [0.717, 1.165) is 24.8 Å². The van der Waals surface area contributed by atoms with Crippen LogP contribution < -0.4 is 10.6 Å². The third-order valence-electron chi connectivity index (χ3n) is 3.46. The van der Waals surface area contributed by atoms with E-state index in [2.05, 4.69) is 27.5 Å². The highest BCUT2D eigenvalue weighted by Gasteiger charge is 2.11. The molecule has 2 heterocycles. The molecule has 0 fully saturated rings. The molecule has 6 heteroatoms. The fourth-order valence-electron chi connectivity index (χ4n) is 2.13. The van der Waals surface area contributed by atoms with Gasteiger partial charge in [0.25, 0.3) is 11.8 Å². The molecule has 0 saturated carbocycles. The first kappa shape index (κ1) is 17.6. The van der Waals surface area contributed by atoms with Gasteiger partial charge in [0.2, 0.25) is 0 Å². The van der Waals surface area contributed by atoms with Gasteiger partial charge in [0.1, 0.15) is 11.4 Å². The van der Waals surface area contributed by atoms with Crippen LogP contribution >= 0.6 is 0 Å². The minimum atomic E-state index is -0.320. The van der Waals surface area contributed by atoms with Crippen molar-refractivity contribution >= 4 is 11.8 Å². The lowest BCUT2D eigenvalue weighted by Crippen LogP contribution is -2.28. The van der Waals surface area contributed by atoms with E-state index in [-0.39, 0.29) is 23.2 Å². The number of carbonyl (C=O) groups is 2. The lowest BCUT2D eigenvalue weighted by Gasteiger charge is -2.07. The second kappa shape index (κ2) is 9.39. The lowest BCUT2D eigenvalue weighted by molar-refractivity contribution is 0.0942. The van der Waals surface area contributed by atoms with Crippen LogP contribution in [-0.2, 0) is 6.54 Å². The molecule has 2 aromatic rings. The van der Waals surface area contributed by atoms with Crippen LogP contribution in [0.15, 0.2) is 42.7 Å². The van der Waals surface area contributed by atoms with Gasteiger partial charge in [-0.1, -0.05) is 31.9 Å². The Balaban J connectivity index is 1.91. The van der Waals surface area contributed by atoms with Crippen LogP contribution in [0.2, 0.25) is 0 Å². The number of amides is 2. The quantitative estimate of drug-likeness (QED) is 0.729. The fraction of sp³-hybridized carbons (Fsp3) is 0.333. The Morgan fingerprint density at radius 3 is 2.42 bits per heavy atom. The number of hydrogen-bond acceptors (Lipinski definition) is 4. The van der Waals surface area contributed by atoms with E-state index in [4.69, 9.17) is 0 Å². The molecule has 2 aromatic heterocycles. The third kappa shape index (κ3) is 5.46. The normalized spacial score (nSPS) is 10.2. The number of carbonyl (C=O) groups excluding carboxylic acids is 2. The summed E-state index contributed by atoms with van der Waals surface area (Å²) in [6, 6.07) is 8.54. The largest absolute Gasteiger partial charge is 0.351 e. The molecule has 126 valence electrons. The summed E-state index contributed by atoms with van der Waals surface area (Å²) in [5.74, 6) is -0.576. The number of pyridine rings is 2. The molecule has 2 N–H and O–H groups in total. The monoisotopic (exact) mass is 326 g/mol. The zero-order chi connectivity index (χ0) is 17.2. The summed E-state index contributed by atoms with van der Waals surface area (Å²) in [6.45, 7) is 3.09. The van der Waals surface area contributed by atoms with Crippen molar-refractivity contribution in [3.8, 4) is 0 Å². The molecule has 24 heavy (non-hydrogen) atoms. The highest BCUT2D eigenvalue weighted by molar-refractivity contribution is 5.96. The first-order valence-corrected chi connectivity index (χ1v) is 8.13. The molecule has 0 spiro atoms. The van der Waals surface area contributed by atoms with Crippen LogP contribution in [0.4, 0.5) is 0 Å². The summed E-state index contributed by atoms with van der Waals surface area (Å²) >= 11 is 0. The highest BCUT2D eigenvalue weighted by Crippen LogP contribution is 2.02. The molecule has 0 aromatic carbocycles. The van der Waals surface area contributed by atoms with Gasteiger partial charge in [-0.05, 0) is 30.2 Å². The molecular weight excluding hydrogens is 304 g/mol. The van der Waals surface area contributed by atoms with Gasteiger partial charge in [0, 0.05) is 25.5 Å². The van der Waals surface area contributed by atoms with Crippen molar-refractivity contribution in [2.24, 2.45) is 0 Å². The number of rotatable bonds is 8. The van der Waals surface area contributed by atoms with Crippen LogP contribution in [0.3, 0.4) is 0 Å². The molecular formula is C18H22N4O2. The van der Waals surface area contributed by atoms with Gasteiger partial charge in [0.05, 0.1) is 0 Å². The van der Waals surface area contributed by atoms with Crippen LogP contribution in [0, 0.1) is 0 Å². The fourth-order valence-corrected chi connectivity index (χ4v) is 2.13. The maximum Gasteiger partial charge on any atom is 0.270 e.